The van der Waals surface area contributed by atoms with Crippen molar-refractivity contribution in [2.75, 3.05) is 32.0 Å². The molecule has 0 fully saturated rings. The number of hydrogen-bond acceptors (Lipinski definition) is 5. The van der Waals surface area contributed by atoms with Gasteiger partial charge in [-0.2, -0.15) is 4.57 Å². The van der Waals surface area contributed by atoms with Crippen LogP contribution in [0.2, 0.25) is 0 Å². The molecule has 2 aromatic carbocycles. The summed E-state index contributed by atoms with van der Waals surface area (Å²) >= 11 is 0. The average molecular weight is 502 g/mol. The number of aromatic nitrogens is 1. The van der Waals surface area contributed by atoms with Crippen molar-refractivity contribution in [2.45, 2.75) is 64.8 Å². The highest BCUT2D eigenvalue weighted by Crippen LogP contribution is 2.51. The number of methoxy groups -OCH3 is 1. The van der Waals surface area contributed by atoms with E-state index in [4.69, 9.17) is 14.2 Å². The van der Waals surface area contributed by atoms with Crippen molar-refractivity contribution in [2.24, 2.45) is 0 Å². The number of benzene rings is 2. The molecule has 1 aromatic heterocycles. The quantitative estimate of drug-likeness (QED) is 0.279. The summed E-state index contributed by atoms with van der Waals surface area (Å²) in [5.41, 5.74) is 8.85. The predicted octanol–water partition coefficient (Wildman–Crippen LogP) is 5.85. The molecule has 0 saturated heterocycles. The standard InChI is InChI=1S/C31H37N2O4/c1-3-4-5-6-7-8-9-23-22-10-11-26(35-2)31-29(22)25(13-14-32(31)16-17-34)33-15-12-21-18-27-28(37-20-36-27)19-24(21)30(23)33/h10-11,13-14,18-19,34H,3-9,12,15-17,20H2,1-2H3/q+1. The van der Waals surface area contributed by atoms with E-state index in [9.17, 15) is 5.11 Å². The fourth-order valence-corrected chi connectivity index (χ4v) is 6.30. The van der Waals surface area contributed by atoms with Crippen LogP contribution in [0.15, 0.2) is 36.5 Å². The minimum Gasteiger partial charge on any atom is -0.490 e. The van der Waals surface area contributed by atoms with Gasteiger partial charge in [-0.3, -0.25) is 0 Å². The van der Waals surface area contributed by atoms with Gasteiger partial charge < -0.3 is 24.2 Å². The van der Waals surface area contributed by atoms with Gasteiger partial charge >= 0.3 is 0 Å². The zero-order valence-corrected chi connectivity index (χ0v) is 22.0. The molecule has 3 aliphatic heterocycles. The summed E-state index contributed by atoms with van der Waals surface area (Å²) in [6.45, 7) is 4.09. The molecule has 1 N–H and O–H groups in total. The largest absolute Gasteiger partial charge is 0.490 e. The van der Waals surface area contributed by atoms with E-state index >= 15 is 0 Å². The molecule has 3 aromatic rings. The highest BCUT2D eigenvalue weighted by Gasteiger charge is 2.36. The van der Waals surface area contributed by atoms with E-state index in [1.165, 1.54) is 77.6 Å². The topological polar surface area (TPSA) is 55.0 Å². The first-order valence-electron chi connectivity index (χ1n) is 13.8. The number of rotatable bonds is 10. The lowest BCUT2D eigenvalue weighted by molar-refractivity contribution is -0.672. The van der Waals surface area contributed by atoms with E-state index < -0.39 is 0 Å². The summed E-state index contributed by atoms with van der Waals surface area (Å²) in [7, 11) is 1.73. The van der Waals surface area contributed by atoms with E-state index in [-0.39, 0.29) is 6.61 Å². The van der Waals surface area contributed by atoms with E-state index in [1.54, 1.807) is 7.11 Å². The Bertz CT molecular complexity index is 1360. The molecule has 6 rings (SSSR count). The summed E-state index contributed by atoms with van der Waals surface area (Å²) in [4.78, 5) is 2.51. The molecule has 0 radical (unpaired) electrons. The molecule has 0 unspecified atom stereocenters. The summed E-state index contributed by atoms with van der Waals surface area (Å²) in [6.07, 6.45) is 11.7. The van der Waals surface area contributed by atoms with Gasteiger partial charge in [-0.05, 0) is 60.2 Å². The van der Waals surface area contributed by atoms with E-state index in [1.807, 2.05) is 0 Å². The number of fused-ring (bicyclic) bond motifs is 5. The molecule has 0 saturated carbocycles. The Morgan fingerprint density at radius 3 is 2.62 bits per heavy atom. The number of pyridine rings is 1. The second-order valence-corrected chi connectivity index (χ2v) is 10.3. The first kappa shape index (κ1) is 24.1. The van der Waals surface area contributed by atoms with Gasteiger partial charge in [0.15, 0.2) is 30.0 Å². The number of ether oxygens (including phenoxy) is 3. The van der Waals surface area contributed by atoms with Crippen LogP contribution >= 0.6 is 0 Å². The van der Waals surface area contributed by atoms with Gasteiger partial charge in [0.1, 0.15) is 6.61 Å². The Hall–Kier alpha value is -3.25. The predicted molar refractivity (Wildman–Crippen MR) is 146 cm³/mol. The van der Waals surface area contributed by atoms with Gasteiger partial charge in [0.25, 0.3) is 5.52 Å². The fourth-order valence-electron chi connectivity index (χ4n) is 6.30. The Balaban J connectivity index is 1.52. The molecule has 3 aliphatic rings. The van der Waals surface area contributed by atoms with Gasteiger partial charge in [-0.1, -0.05) is 39.0 Å². The van der Waals surface area contributed by atoms with Crippen molar-refractivity contribution >= 4 is 27.9 Å². The normalized spacial score (nSPS) is 15.3. The first-order chi connectivity index (χ1) is 18.2. The maximum Gasteiger partial charge on any atom is 0.257 e. The molecule has 6 nitrogen and oxygen atoms in total. The van der Waals surface area contributed by atoms with Gasteiger partial charge in [0.05, 0.1) is 23.9 Å². The smallest absolute Gasteiger partial charge is 0.257 e. The lowest BCUT2D eigenvalue weighted by atomic mass is 9.83. The minimum atomic E-state index is 0.0858. The third-order valence-corrected chi connectivity index (χ3v) is 8.07. The first-order valence-corrected chi connectivity index (χ1v) is 13.8. The van der Waals surface area contributed by atoms with E-state index in [2.05, 4.69) is 52.9 Å². The summed E-state index contributed by atoms with van der Waals surface area (Å²) in [6, 6.07) is 10.9. The number of hydrogen-bond donors (Lipinski definition) is 1. The lowest BCUT2D eigenvalue weighted by Gasteiger charge is -2.39. The number of aliphatic hydroxyl groups is 1. The Morgan fingerprint density at radius 2 is 1.81 bits per heavy atom. The van der Waals surface area contributed by atoms with Gasteiger partial charge in [-0.25, -0.2) is 0 Å². The highest BCUT2D eigenvalue weighted by molar-refractivity contribution is 6.14. The molecule has 6 heteroatoms. The Labute approximate surface area is 219 Å². The lowest BCUT2D eigenvalue weighted by Crippen LogP contribution is -2.39. The molecule has 0 aliphatic carbocycles. The third kappa shape index (κ3) is 4.11. The van der Waals surface area contributed by atoms with Crippen molar-refractivity contribution < 1.29 is 23.9 Å². The van der Waals surface area contributed by atoms with Crippen LogP contribution in [0.3, 0.4) is 0 Å². The van der Waals surface area contributed by atoms with Gasteiger partial charge in [0, 0.05) is 18.2 Å². The van der Waals surface area contributed by atoms with Crippen LogP contribution in [0, 0.1) is 0 Å². The van der Waals surface area contributed by atoms with Crippen molar-refractivity contribution in [1.29, 1.82) is 0 Å². The van der Waals surface area contributed by atoms with Crippen molar-refractivity contribution in [3.63, 3.8) is 0 Å². The van der Waals surface area contributed by atoms with Crippen molar-refractivity contribution in [3.8, 4) is 17.2 Å². The third-order valence-electron chi connectivity index (χ3n) is 8.07. The maximum atomic E-state index is 9.78. The molecular weight excluding hydrogens is 464 g/mol. The van der Waals surface area contributed by atoms with Crippen LogP contribution in [0.25, 0.3) is 22.2 Å². The molecule has 0 amide bonds. The van der Waals surface area contributed by atoms with Crippen LogP contribution in [-0.4, -0.2) is 32.2 Å². The molecule has 0 atom stereocenters. The maximum absolute atomic E-state index is 9.78. The minimum absolute atomic E-state index is 0.0858. The highest BCUT2D eigenvalue weighted by atomic mass is 16.7. The Morgan fingerprint density at radius 1 is 1.00 bits per heavy atom. The zero-order valence-electron chi connectivity index (χ0n) is 22.0. The van der Waals surface area contributed by atoms with Crippen LogP contribution in [0.5, 0.6) is 17.2 Å². The number of anilines is 1. The van der Waals surface area contributed by atoms with E-state index in [0.29, 0.717) is 13.3 Å². The van der Waals surface area contributed by atoms with Crippen LogP contribution in [-0.2, 0) is 13.0 Å². The summed E-state index contributed by atoms with van der Waals surface area (Å²) < 4.78 is 19.5. The van der Waals surface area contributed by atoms with Gasteiger partial charge in [-0.15, -0.1) is 0 Å². The average Bonchev–Trinajstić information content (AvgIpc) is 3.38. The Kier molecular flexibility index (Phi) is 6.68. The number of unbranched alkanes of at least 4 members (excludes halogenated alkanes) is 5. The van der Waals surface area contributed by atoms with Gasteiger partial charge in [0.2, 0.25) is 6.79 Å². The number of nitrogens with zero attached hydrogens (tertiary/aromatic N) is 2. The SMILES string of the molecule is CCCCCCCCC1=C2c3cc4c(cc3CCN2c2cc[n+](CCO)c3c(OC)ccc1c23)OCO4. The number of aliphatic hydroxyl groups excluding tert-OH is 1. The molecular formula is C31H37N2O4+. The second kappa shape index (κ2) is 10.3. The van der Waals surface area contributed by atoms with Crippen molar-refractivity contribution in [1.82, 2.24) is 0 Å². The molecule has 37 heavy (non-hydrogen) atoms. The molecule has 4 heterocycles. The molecule has 0 bridgehead atoms. The summed E-state index contributed by atoms with van der Waals surface area (Å²) in [5, 5.41) is 11.0. The van der Waals surface area contributed by atoms with Crippen molar-refractivity contribution in [3.05, 3.63) is 53.2 Å². The fraction of sp³-hybridized carbons (Fsp3) is 0.452. The van der Waals surface area contributed by atoms with Crippen LogP contribution < -0.4 is 23.7 Å². The number of allylic oxidation sites excluding steroid dienone is 1. The molecule has 0 spiro atoms. The molecule has 194 valence electrons. The van der Waals surface area contributed by atoms with E-state index in [0.717, 1.165) is 42.2 Å². The van der Waals surface area contributed by atoms with Crippen LogP contribution in [0.1, 0.15) is 68.6 Å². The zero-order chi connectivity index (χ0) is 25.4. The second-order valence-electron chi connectivity index (χ2n) is 10.3. The monoisotopic (exact) mass is 501 g/mol. The summed E-state index contributed by atoms with van der Waals surface area (Å²) in [5.74, 6) is 2.54. The van der Waals surface area contributed by atoms with Crippen LogP contribution in [0.4, 0.5) is 5.69 Å².